The van der Waals surface area contributed by atoms with Crippen LogP contribution in [0.25, 0.3) is 0 Å². The summed E-state index contributed by atoms with van der Waals surface area (Å²) in [6.07, 6.45) is 1.10. The van der Waals surface area contributed by atoms with Crippen LogP contribution in [0.5, 0.6) is 5.75 Å². The molecule has 0 heterocycles. The number of rotatable bonds is 11. The maximum absolute atomic E-state index is 13.7. The fourth-order valence-corrected chi connectivity index (χ4v) is 4.31. The average Bonchev–Trinajstić information content (AvgIpc) is 2.87. The smallest absolute Gasteiger partial charge is 0.261 e. The van der Waals surface area contributed by atoms with Gasteiger partial charge in [0, 0.05) is 34.6 Å². The number of para-hydroxylation sites is 1. The van der Waals surface area contributed by atoms with Crippen molar-refractivity contribution in [1.82, 2.24) is 10.2 Å². The SMILES string of the molecule is CC[C@H](C)NC(=O)[C@H](Cc1ccccc1)N(Cc1c(Cl)cccc1Cl)C(=O)COc1ccccc1C. The Balaban J connectivity index is 1.97. The third kappa shape index (κ3) is 7.49. The van der Waals surface area contributed by atoms with Gasteiger partial charge in [0.25, 0.3) is 5.91 Å². The number of nitrogens with one attached hydrogen (secondary N) is 1. The highest BCUT2D eigenvalue weighted by Crippen LogP contribution is 2.27. The number of aryl methyl sites for hydroxylation is 1. The van der Waals surface area contributed by atoms with E-state index in [0.717, 1.165) is 17.5 Å². The summed E-state index contributed by atoms with van der Waals surface area (Å²) in [5.74, 6) is 0.0420. The fraction of sp³-hybridized carbons (Fsp3) is 0.310. The van der Waals surface area contributed by atoms with Gasteiger partial charge in [-0.25, -0.2) is 0 Å². The first-order valence-electron chi connectivity index (χ1n) is 12.0. The van der Waals surface area contributed by atoms with Gasteiger partial charge in [0.15, 0.2) is 6.61 Å². The van der Waals surface area contributed by atoms with E-state index in [0.29, 0.717) is 27.8 Å². The van der Waals surface area contributed by atoms with Crippen LogP contribution in [0.15, 0.2) is 72.8 Å². The minimum atomic E-state index is -0.790. The Morgan fingerprint density at radius 3 is 2.22 bits per heavy atom. The lowest BCUT2D eigenvalue weighted by Gasteiger charge is -2.32. The summed E-state index contributed by atoms with van der Waals surface area (Å²) in [4.78, 5) is 28.7. The molecule has 0 fully saturated rings. The molecule has 3 rings (SSSR count). The number of halogens is 2. The highest BCUT2D eigenvalue weighted by Gasteiger charge is 2.32. The summed E-state index contributed by atoms with van der Waals surface area (Å²) >= 11 is 12.9. The van der Waals surface area contributed by atoms with Crippen molar-refractivity contribution < 1.29 is 14.3 Å². The topological polar surface area (TPSA) is 58.6 Å². The molecule has 0 unspecified atom stereocenters. The van der Waals surface area contributed by atoms with Crippen LogP contribution in [0, 0.1) is 6.92 Å². The molecule has 2 atom stereocenters. The standard InChI is InChI=1S/C29H32Cl2N2O3/c1-4-21(3)32-29(35)26(17-22-12-6-5-7-13-22)33(18-23-24(30)14-10-15-25(23)31)28(34)19-36-27-16-9-8-11-20(27)2/h5-16,21,26H,4,17-19H2,1-3H3,(H,32,35)/t21-,26-/m0/s1. The van der Waals surface area contributed by atoms with Gasteiger partial charge in [-0.1, -0.05) is 84.7 Å². The van der Waals surface area contributed by atoms with E-state index in [2.05, 4.69) is 5.32 Å². The molecule has 0 spiro atoms. The molecule has 2 amide bonds. The molecule has 3 aromatic rings. The van der Waals surface area contributed by atoms with Crippen LogP contribution in [-0.4, -0.2) is 35.4 Å². The Morgan fingerprint density at radius 2 is 1.58 bits per heavy atom. The van der Waals surface area contributed by atoms with E-state index in [1.165, 1.54) is 4.90 Å². The monoisotopic (exact) mass is 526 g/mol. The van der Waals surface area contributed by atoms with E-state index in [1.807, 2.05) is 75.4 Å². The zero-order chi connectivity index (χ0) is 26.1. The zero-order valence-corrected chi connectivity index (χ0v) is 22.4. The molecular formula is C29H32Cl2N2O3. The highest BCUT2D eigenvalue weighted by molar-refractivity contribution is 6.36. The number of nitrogens with zero attached hydrogens (tertiary/aromatic N) is 1. The van der Waals surface area contributed by atoms with Gasteiger partial charge in [0.05, 0.1) is 0 Å². The summed E-state index contributed by atoms with van der Waals surface area (Å²) in [6.45, 7) is 5.70. The van der Waals surface area contributed by atoms with Crippen molar-refractivity contribution in [3.8, 4) is 5.75 Å². The number of amides is 2. The van der Waals surface area contributed by atoms with E-state index >= 15 is 0 Å². The fourth-order valence-electron chi connectivity index (χ4n) is 3.79. The minimum absolute atomic E-state index is 0.0418. The second-order valence-electron chi connectivity index (χ2n) is 8.80. The molecule has 36 heavy (non-hydrogen) atoms. The molecule has 0 saturated heterocycles. The van der Waals surface area contributed by atoms with Crippen molar-refractivity contribution in [3.05, 3.63) is 99.5 Å². The Kier molecular flexibility index (Phi) is 10.2. The molecule has 0 saturated carbocycles. The Morgan fingerprint density at radius 1 is 0.944 bits per heavy atom. The summed E-state index contributed by atoms with van der Waals surface area (Å²) in [5, 5.41) is 3.91. The van der Waals surface area contributed by atoms with Crippen LogP contribution in [0.2, 0.25) is 10.0 Å². The first-order valence-corrected chi connectivity index (χ1v) is 12.8. The Labute approximate surface area is 223 Å². The summed E-state index contributed by atoms with van der Waals surface area (Å²) in [6, 6.07) is 21.5. The van der Waals surface area contributed by atoms with Gasteiger partial charge in [-0.2, -0.15) is 0 Å². The van der Waals surface area contributed by atoms with Gasteiger partial charge in [-0.05, 0) is 49.6 Å². The molecule has 5 nitrogen and oxygen atoms in total. The zero-order valence-electron chi connectivity index (χ0n) is 20.8. The van der Waals surface area contributed by atoms with Crippen LogP contribution in [0.3, 0.4) is 0 Å². The lowest BCUT2D eigenvalue weighted by atomic mass is 10.0. The van der Waals surface area contributed by atoms with Gasteiger partial charge in [-0.3, -0.25) is 9.59 Å². The summed E-state index contributed by atoms with van der Waals surface area (Å²) < 4.78 is 5.87. The third-order valence-corrected chi connectivity index (χ3v) is 6.82. The summed E-state index contributed by atoms with van der Waals surface area (Å²) in [5.41, 5.74) is 2.44. The number of carbonyl (C=O) groups is 2. The molecular weight excluding hydrogens is 495 g/mol. The van der Waals surface area contributed by atoms with Gasteiger partial charge in [0.1, 0.15) is 11.8 Å². The lowest BCUT2D eigenvalue weighted by Crippen LogP contribution is -2.53. The number of benzene rings is 3. The van der Waals surface area contributed by atoms with Gasteiger partial charge < -0.3 is 15.0 Å². The predicted octanol–water partition coefficient (Wildman–Crippen LogP) is 6.24. The molecule has 0 aromatic heterocycles. The van der Waals surface area contributed by atoms with Crippen LogP contribution in [0.4, 0.5) is 0 Å². The normalized spacial score (nSPS) is 12.5. The van der Waals surface area contributed by atoms with Crippen molar-refractivity contribution in [2.45, 2.75) is 52.2 Å². The molecule has 3 aromatic carbocycles. The number of carbonyl (C=O) groups excluding carboxylic acids is 2. The third-order valence-electron chi connectivity index (χ3n) is 6.11. The predicted molar refractivity (Wildman–Crippen MR) is 146 cm³/mol. The largest absolute Gasteiger partial charge is 0.484 e. The Bertz CT molecular complexity index is 1150. The maximum atomic E-state index is 13.7. The van der Waals surface area contributed by atoms with Gasteiger partial charge in [0.2, 0.25) is 5.91 Å². The van der Waals surface area contributed by atoms with Gasteiger partial charge >= 0.3 is 0 Å². The van der Waals surface area contributed by atoms with Gasteiger partial charge in [-0.15, -0.1) is 0 Å². The van der Waals surface area contributed by atoms with Crippen molar-refractivity contribution in [1.29, 1.82) is 0 Å². The van der Waals surface area contributed by atoms with Crippen LogP contribution >= 0.6 is 23.2 Å². The molecule has 0 radical (unpaired) electrons. The Hall–Kier alpha value is -3.02. The van der Waals surface area contributed by atoms with Crippen LogP contribution in [0.1, 0.15) is 37.0 Å². The van der Waals surface area contributed by atoms with E-state index in [-0.39, 0.29) is 31.0 Å². The van der Waals surface area contributed by atoms with E-state index < -0.39 is 6.04 Å². The first kappa shape index (κ1) is 27.6. The van der Waals surface area contributed by atoms with E-state index in [4.69, 9.17) is 27.9 Å². The summed E-state index contributed by atoms with van der Waals surface area (Å²) in [7, 11) is 0. The van der Waals surface area contributed by atoms with Crippen LogP contribution in [-0.2, 0) is 22.6 Å². The maximum Gasteiger partial charge on any atom is 0.261 e. The highest BCUT2D eigenvalue weighted by atomic mass is 35.5. The van der Waals surface area contributed by atoms with Crippen molar-refractivity contribution in [3.63, 3.8) is 0 Å². The number of hydrogen-bond acceptors (Lipinski definition) is 3. The van der Waals surface area contributed by atoms with Crippen molar-refractivity contribution in [2.24, 2.45) is 0 Å². The second-order valence-corrected chi connectivity index (χ2v) is 9.61. The quantitative estimate of drug-likeness (QED) is 0.322. The van der Waals surface area contributed by atoms with Crippen molar-refractivity contribution >= 4 is 35.0 Å². The molecule has 0 aliphatic rings. The lowest BCUT2D eigenvalue weighted by molar-refractivity contribution is -0.143. The van der Waals surface area contributed by atoms with E-state index in [9.17, 15) is 9.59 Å². The molecule has 0 aliphatic heterocycles. The van der Waals surface area contributed by atoms with Crippen molar-refractivity contribution in [2.75, 3.05) is 6.61 Å². The molecule has 190 valence electrons. The van der Waals surface area contributed by atoms with E-state index in [1.54, 1.807) is 18.2 Å². The second kappa shape index (κ2) is 13.3. The number of hydrogen-bond donors (Lipinski definition) is 1. The number of ether oxygens (including phenoxy) is 1. The molecule has 0 aliphatic carbocycles. The minimum Gasteiger partial charge on any atom is -0.484 e. The molecule has 0 bridgehead atoms. The molecule has 1 N–H and O–H groups in total. The first-order chi connectivity index (χ1) is 17.3. The molecule has 7 heteroatoms. The average molecular weight is 527 g/mol. The van der Waals surface area contributed by atoms with Crippen LogP contribution < -0.4 is 10.1 Å².